The lowest BCUT2D eigenvalue weighted by molar-refractivity contribution is -0.772. The Hall–Kier alpha value is -2.64. The van der Waals surface area contributed by atoms with Gasteiger partial charge in [-0.25, -0.2) is 0 Å². The molecule has 1 unspecified atom stereocenters. The van der Waals surface area contributed by atoms with E-state index in [1.54, 1.807) is 18.2 Å². The van der Waals surface area contributed by atoms with Gasteiger partial charge in [-0.1, -0.05) is 30.3 Å². The summed E-state index contributed by atoms with van der Waals surface area (Å²) in [4.78, 5) is 38.4. The molecule has 0 saturated carbocycles. The number of hydrogen-bond donors (Lipinski definition) is 0. The van der Waals surface area contributed by atoms with Gasteiger partial charge < -0.3 is 14.3 Å². The van der Waals surface area contributed by atoms with E-state index in [0.29, 0.717) is 0 Å². The van der Waals surface area contributed by atoms with Crippen molar-refractivity contribution in [1.82, 2.24) is 0 Å². The SMILES string of the molecule is COC(=O)C(C(=O)OC)C(O[N+](=O)[O-])c1ccccc1. The minimum Gasteiger partial charge on any atom is -0.468 e. The average Bonchev–Trinajstić information content (AvgIpc) is 2.46. The quantitative estimate of drug-likeness (QED) is 0.330. The number of hydrogen-bond acceptors (Lipinski definition) is 7. The van der Waals surface area contributed by atoms with E-state index in [0.717, 1.165) is 14.2 Å². The molecule has 108 valence electrons. The van der Waals surface area contributed by atoms with Gasteiger partial charge in [0.1, 0.15) is 0 Å². The van der Waals surface area contributed by atoms with Crippen molar-refractivity contribution in [1.29, 1.82) is 0 Å². The first-order chi connectivity index (χ1) is 9.51. The summed E-state index contributed by atoms with van der Waals surface area (Å²) in [6, 6.07) is 7.85. The first-order valence-electron chi connectivity index (χ1n) is 5.53. The molecule has 0 fully saturated rings. The molecule has 8 nitrogen and oxygen atoms in total. The number of rotatable bonds is 6. The van der Waals surface area contributed by atoms with E-state index in [2.05, 4.69) is 14.3 Å². The van der Waals surface area contributed by atoms with Crippen molar-refractivity contribution in [3.05, 3.63) is 46.0 Å². The molecule has 0 N–H and O–H groups in total. The lowest BCUT2D eigenvalue weighted by atomic mass is 9.96. The van der Waals surface area contributed by atoms with Crippen LogP contribution in [-0.4, -0.2) is 31.2 Å². The fourth-order valence-electron chi connectivity index (χ4n) is 1.65. The fraction of sp³-hybridized carbons (Fsp3) is 0.333. The van der Waals surface area contributed by atoms with Crippen LogP contribution in [0.3, 0.4) is 0 Å². The van der Waals surface area contributed by atoms with Gasteiger partial charge in [0.05, 0.1) is 14.2 Å². The lowest BCUT2D eigenvalue weighted by Gasteiger charge is -2.21. The summed E-state index contributed by atoms with van der Waals surface area (Å²) in [6.07, 6.45) is -1.44. The molecular weight excluding hydrogens is 270 g/mol. The number of nitrogens with zero attached hydrogens (tertiary/aromatic N) is 1. The van der Waals surface area contributed by atoms with Crippen LogP contribution in [0.25, 0.3) is 0 Å². The van der Waals surface area contributed by atoms with Crippen LogP contribution in [0.4, 0.5) is 0 Å². The molecule has 0 aliphatic rings. The summed E-state index contributed by atoms with van der Waals surface area (Å²) < 4.78 is 8.95. The second kappa shape index (κ2) is 7.07. The molecule has 1 rings (SSSR count). The van der Waals surface area contributed by atoms with Crippen LogP contribution < -0.4 is 0 Å². The molecule has 0 aliphatic carbocycles. The van der Waals surface area contributed by atoms with Crippen molar-refractivity contribution in [3.63, 3.8) is 0 Å². The van der Waals surface area contributed by atoms with E-state index in [1.165, 1.54) is 12.1 Å². The number of methoxy groups -OCH3 is 2. The smallest absolute Gasteiger partial charge is 0.322 e. The van der Waals surface area contributed by atoms with E-state index in [1.807, 2.05) is 0 Å². The Morgan fingerprint density at radius 3 is 2.00 bits per heavy atom. The van der Waals surface area contributed by atoms with Crippen molar-refractivity contribution < 1.29 is 29.0 Å². The molecule has 0 aliphatic heterocycles. The summed E-state index contributed by atoms with van der Waals surface area (Å²) in [5.41, 5.74) is 0.282. The first kappa shape index (κ1) is 15.4. The van der Waals surface area contributed by atoms with E-state index >= 15 is 0 Å². The molecule has 0 saturated heterocycles. The standard InChI is InChI=1S/C12H13NO7/c1-18-11(14)9(12(15)19-2)10(20-13(16)17)8-6-4-3-5-7-8/h3-7,9-10H,1-2H3. The van der Waals surface area contributed by atoms with Crippen LogP contribution in [0.15, 0.2) is 30.3 Å². The van der Waals surface area contributed by atoms with Crippen LogP contribution in [-0.2, 0) is 23.9 Å². The van der Waals surface area contributed by atoms with Crippen molar-refractivity contribution >= 4 is 11.9 Å². The molecule has 8 heteroatoms. The Morgan fingerprint density at radius 1 is 1.10 bits per heavy atom. The van der Waals surface area contributed by atoms with Crippen molar-refractivity contribution in [3.8, 4) is 0 Å². The minimum atomic E-state index is -1.59. The first-order valence-corrected chi connectivity index (χ1v) is 5.53. The average molecular weight is 283 g/mol. The largest absolute Gasteiger partial charge is 0.468 e. The highest BCUT2D eigenvalue weighted by Gasteiger charge is 2.40. The second-order valence-electron chi connectivity index (χ2n) is 3.68. The summed E-state index contributed by atoms with van der Waals surface area (Å²) in [5.74, 6) is -3.54. The molecule has 0 spiro atoms. The molecular formula is C12H13NO7. The topological polar surface area (TPSA) is 105 Å². The Bertz CT molecular complexity index is 472. The second-order valence-corrected chi connectivity index (χ2v) is 3.68. The summed E-state index contributed by atoms with van der Waals surface area (Å²) in [5, 5.41) is 9.52. The maximum absolute atomic E-state index is 11.7. The van der Waals surface area contributed by atoms with Gasteiger partial charge in [0.25, 0.3) is 5.09 Å². The molecule has 1 atom stereocenters. The van der Waals surface area contributed by atoms with E-state index in [-0.39, 0.29) is 5.56 Å². The highest BCUT2D eigenvalue weighted by molar-refractivity contribution is 5.95. The van der Waals surface area contributed by atoms with Crippen molar-refractivity contribution in [2.24, 2.45) is 5.92 Å². The van der Waals surface area contributed by atoms with Gasteiger partial charge in [0.2, 0.25) is 0 Å². The van der Waals surface area contributed by atoms with Gasteiger partial charge in [-0.05, 0) is 5.56 Å². The molecule has 0 aromatic heterocycles. The van der Waals surface area contributed by atoms with E-state index < -0.39 is 29.0 Å². The summed E-state index contributed by atoms with van der Waals surface area (Å²) >= 11 is 0. The number of carbonyl (C=O) groups excluding carboxylic acids is 2. The third-order valence-corrected chi connectivity index (χ3v) is 2.54. The van der Waals surface area contributed by atoms with Crippen LogP contribution in [0.1, 0.15) is 11.7 Å². The van der Waals surface area contributed by atoms with Gasteiger partial charge in [0, 0.05) is 0 Å². The van der Waals surface area contributed by atoms with Crippen molar-refractivity contribution in [2.75, 3.05) is 14.2 Å². The van der Waals surface area contributed by atoms with Crippen molar-refractivity contribution in [2.45, 2.75) is 6.10 Å². The Kier molecular flexibility index (Phi) is 5.45. The Balaban J connectivity index is 3.21. The van der Waals surface area contributed by atoms with Crippen LogP contribution in [0.2, 0.25) is 0 Å². The maximum Gasteiger partial charge on any atom is 0.322 e. The third-order valence-electron chi connectivity index (χ3n) is 2.54. The van der Waals surface area contributed by atoms with Crippen LogP contribution in [0.5, 0.6) is 0 Å². The number of esters is 2. The molecule has 0 amide bonds. The predicted molar refractivity (Wildman–Crippen MR) is 64.8 cm³/mol. The van der Waals surface area contributed by atoms with Gasteiger partial charge in [-0.2, -0.15) is 0 Å². The van der Waals surface area contributed by atoms with Crippen LogP contribution in [0, 0.1) is 16.0 Å². The molecule has 1 aromatic rings. The van der Waals surface area contributed by atoms with E-state index in [9.17, 15) is 19.7 Å². The number of benzene rings is 1. The Labute approximate surface area is 114 Å². The third kappa shape index (κ3) is 3.67. The zero-order valence-electron chi connectivity index (χ0n) is 10.8. The molecule has 0 bridgehead atoms. The predicted octanol–water partition coefficient (Wildman–Crippen LogP) is 0.898. The molecule has 0 heterocycles. The summed E-state index contributed by atoms with van der Waals surface area (Å²) in [6.45, 7) is 0. The zero-order chi connectivity index (χ0) is 15.1. The molecule has 0 radical (unpaired) electrons. The highest BCUT2D eigenvalue weighted by Crippen LogP contribution is 2.28. The zero-order valence-corrected chi connectivity index (χ0v) is 10.8. The summed E-state index contributed by atoms with van der Waals surface area (Å²) in [7, 11) is 2.12. The fourth-order valence-corrected chi connectivity index (χ4v) is 1.65. The van der Waals surface area contributed by atoms with Gasteiger partial charge in [0.15, 0.2) is 12.0 Å². The van der Waals surface area contributed by atoms with Gasteiger partial charge in [-0.15, -0.1) is 10.1 Å². The van der Waals surface area contributed by atoms with Crippen LogP contribution >= 0.6 is 0 Å². The van der Waals surface area contributed by atoms with E-state index in [4.69, 9.17) is 0 Å². The minimum absolute atomic E-state index is 0.282. The maximum atomic E-state index is 11.7. The number of carbonyl (C=O) groups is 2. The monoisotopic (exact) mass is 283 g/mol. The normalized spacial score (nSPS) is 11.6. The molecule has 20 heavy (non-hydrogen) atoms. The van der Waals surface area contributed by atoms with Gasteiger partial charge in [-0.3, -0.25) is 9.59 Å². The lowest BCUT2D eigenvalue weighted by Crippen LogP contribution is -2.34. The Morgan fingerprint density at radius 2 is 1.60 bits per heavy atom. The van der Waals surface area contributed by atoms with Gasteiger partial charge >= 0.3 is 11.9 Å². The highest BCUT2D eigenvalue weighted by atomic mass is 17.0. The molecule has 1 aromatic carbocycles. The number of ether oxygens (including phenoxy) is 2.